The van der Waals surface area contributed by atoms with Gasteiger partial charge in [0, 0.05) is 0 Å². The van der Waals surface area contributed by atoms with Crippen molar-refractivity contribution in [3.05, 3.63) is 34.6 Å². The Morgan fingerprint density at radius 2 is 1.56 bits per heavy atom. The van der Waals surface area contributed by atoms with E-state index in [0.717, 1.165) is 53.4 Å². The van der Waals surface area contributed by atoms with Crippen molar-refractivity contribution in [3.63, 3.8) is 0 Å². The maximum absolute atomic E-state index is 13.2. The van der Waals surface area contributed by atoms with Gasteiger partial charge in [0.25, 0.3) is 0 Å². The molecular weight excluding hydrogens is 528 g/mol. The normalized spacial score (nSPS) is 14.7. The summed E-state index contributed by atoms with van der Waals surface area (Å²) in [5, 5.41) is 0. The summed E-state index contributed by atoms with van der Waals surface area (Å²) in [5.41, 5.74) is -1.56. The number of aryl methyl sites for hydroxylation is 4. The van der Waals surface area contributed by atoms with E-state index in [1.54, 1.807) is 6.07 Å². The Kier molecular flexibility index (Phi) is 8.72. The zero-order chi connectivity index (χ0) is 25.1. The van der Waals surface area contributed by atoms with E-state index in [-0.39, 0.29) is 27.1 Å². The fraction of sp³-hybridized carbons (Fsp3) is 0.583. The van der Waals surface area contributed by atoms with Crippen LogP contribution in [0.4, 0.5) is 13.2 Å². The molecule has 34 heavy (non-hydrogen) atoms. The Balaban J connectivity index is 2.21. The summed E-state index contributed by atoms with van der Waals surface area (Å²) >= 11 is -0.206. The number of benzene rings is 1. The van der Waals surface area contributed by atoms with Crippen LogP contribution in [-0.4, -0.2) is 39.6 Å². The van der Waals surface area contributed by atoms with E-state index < -0.39 is 15.6 Å². The third-order valence-corrected chi connectivity index (χ3v) is 10.6. The zero-order valence-electron chi connectivity index (χ0n) is 20.0. The first kappa shape index (κ1) is 27.0. The molecule has 0 bridgehead atoms. The van der Waals surface area contributed by atoms with Crippen molar-refractivity contribution in [2.24, 2.45) is 0 Å². The fourth-order valence-electron chi connectivity index (χ4n) is 4.12. The molecule has 0 spiro atoms. The van der Waals surface area contributed by atoms with Crippen LogP contribution >= 0.6 is 0 Å². The second-order valence-electron chi connectivity index (χ2n) is 8.40. The molecular formula is C24H31AsF3N2O3S. The number of hydrogen-bond acceptors (Lipinski definition) is 5. The number of aromatic nitrogens is 2. The van der Waals surface area contributed by atoms with Gasteiger partial charge >= 0.3 is 207 Å². The standard InChI is InChI=1S/C24H31AsF3N2O3S/c1-5-17(6-2)25-23-20(8-4)29-22(19(7-3)30-23)18-13-15-11-9-10-12-16(15)14-21(18)33-34(31,32)24(26,27)28/h13-14,17H,5-12H2,1-4H3. The molecule has 0 unspecified atom stereocenters. The summed E-state index contributed by atoms with van der Waals surface area (Å²) in [6, 6.07) is 3.20. The molecule has 1 radical (unpaired) electrons. The number of nitrogens with zero attached hydrogens (tertiary/aromatic N) is 2. The molecule has 10 heteroatoms. The third kappa shape index (κ3) is 5.78. The van der Waals surface area contributed by atoms with Gasteiger partial charge < -0.3 is 0 Å². The Morgan fingerprint density at radius 1 is 0.971 bits per heavy atom. The molecule has 1 heterocycles. The van der Waals surface area contributed by atoms with Gasteiger partial charge in [0.1, 0.15) is 0 Å². The summed E-state index contributed by atoms with van der Waals surface area (Å²) in [6.45, 7) is 8.22. The van der Waals surface area contributed by atoms with E-state index in [1.807, 2.05) is 13.8 Å². The molecule has 0 aliphatic heterocycles. The van der Waals surface area contributed by atoms with Crippen LogP contribution in [0, 0.1) is 0 Å². The van der Waals surface area contributed by atoms with Crippen LogP contribution < -0.4 is 8.66 Å². The van der Waals surface area contributed by atoms with Gasteiger partial charge in [0.15, 0.2) is 0 Å². The van der Waals surface area contributed by atoms with E-state index in [9.17, 15) is 21.6 Å². The minimum atomic E-state index is -5.82. The first-order chi connectivity index (χ1) is 16.0. The van der Waals surface area contributed by atoms with Gasteiger partial charge in [-0.1, -0.05) is 0 Å². The summed E-state index contributed by atoms with van der Waals surface area (Å²) in [7, 11) is -5.82. The molecule has 1 aromatic heterocycles. The maximum atomic E-state index is 13.2. The summed E-state index contributed by atoms with van der Waals surface area (Å²) in [5.74, 6) is -0.329. The Bertz CT molecular complexity index is 1130. The van der Waals surface area contributed by atoms with Crippen LogP contribution in [0.25, 0.3) is 11.3 Å². The first-order valence-corrected chi connectivity index (χ1v) is 15.2. The number of halogens is 3. The van der Waals surface area contributed by atoms with Crippen molar-refractivity contribution < 1.29 is 25.8 Å². The van der Waals surface area contributed by atoms with Gasteiger partial charge in [-0.15, -0.1) is 0 Å². The summed E-state index contributed by atoms with van der Waals surface area (Å²) < 4.78 is 69.6. The molecule has 0 atom stereocenters. The van der Waals surface area contributed by atoms with E-state index >= 15 is 0 Å². The van der Waals surface area contributed by atoms with Crippen molar-refractivity contribution in [2.75, 3.05) is 0 Å². The molecule has 2 aromatic rings. The first-order valence-electron chi connectivity index (χ1n) is 11.8. The fourth-order valence-corrected chi connectivity index (χ4v) is 7.21. The van der Waals surface area contributed by atoms with Crippen LogP contribution in [0.2, 0.25) is 4.71 Å². The molecule has 0 saturated heterocycles. The third-order valence-electron chi connectivity index (χ3n) is 6.12. The number of rotatable bonds is 9. The predicted molar refractivity (Wildman–Crippen MR) is 128 cm³/mol. The van der Waals surface area contributed by atoms with Crippen LogP contribution in [0.5, 0.6) is 5.75 Å². The molecule has 0 N–H and O–H groups in total. The number of fused-ring (bicyclic) bond motifs is 1. The van der Waals surface area contributed by atoms with Crippen molar-refractivity contribution >= 4 is 30.4 Å². The van der Waals surface area contributed by atoms with Crippen molar-refractivity contribution in [1.29, 1.82) is 0 Å². The van der Waals surface area contributed by atoms with Crippen LogP contribution in [0.3, 0.4) is 0 Å². The van der Waals surface area contributed by atoms with Gasteiger partial charge in [0.05, 0.1) is 0 Å². The molecule has 0 amide bonds. The number of hydrogen-bond donors (Lipinski definition) is 0. The van der Waals surface area contributed by atoms with Crippen LogP contribution in [0.15, 0.2) is 12.1 Å². The summed E-state index contributed by atoms with van der Waals surface area (Å²) in [6.07, 6.45) is 6.59. The minimum absolute atomic E-state index is 0.206. The monoisotopic (exact) mass is 559 g/mol. The van der Waals surface area contributed by atoms with Gasteiger partial charge in [-0.3, -0.25) is 0 Å². The van der Waals surface area contributed by atoms with E-state index in [1.165, 1.54) is 6.07 Å². The van der Waals surface area contributed by atoms with Crippen molar-refractivity contribution in [3.8, 4) is 17.0 Å². The number of alkyl halides is 3. The average Bonchev–Trinajstić information content (AvgIpc) is 2.80. The molecule has 5 nitrogen and oxygen atoms in total. The van der Waals surface area contributed by atoms with Crippen molar-refractivity contribution in [1.82, 2.24) is 9.97 Å². The SMILES string of the molecule is CCc1nc(-c2cc3c(cc2OS(=O)(=O)C(F)(F)F)CCCC3)c(CC)nc1[As]C(CC)CC. The van der Waals surface area contributed by atoms with E-state index in [2.05, 4.69) is 13.8 Å². The topological polar surface area (TPSA) is 69.2 Å². The molecule has 1 aromatic carbocycles. The predicted octanol–water partition coefficient (Wildman–Crippen LogP) is 5.31. The van der Waals surface area contributed by atoms with Crippen LogP contribution in [0.1, 0.15) is 75.9 Å². The molecule has 1 aliphatic rings. The Hall–Kier alpha value is -1.60. The van der Waals surface area contributed by atoms with E-state index in [0.29, 0.717) is 35.4 Å². The Morgan fingerprint density at radius 3 is 2.09 bits per heavy atom. The molecule has 1 aliphatic carbocycles. The van der Waals surface area contributed by atoms with Crippen molar-refractivity contribution in [2.45, 2.75) is 89.3 Å². The summed E-state index contributed by atoms with van der Waals surface area (Å²) in [4.78, 5) is 9.78. The van der Waals surface area contributed by atoms with Gasteiger partial charge in [-0.05, 0) is 0 Å². The Labute approximate surface area is 206 Å². The average molecular weight is 560 g/mol. The quantitative estimate of drug-likeness (QED) is 0.237. The molecule has 0 fully saturated rings. The van der Waals surface area contributed by atoms with Crippen LogP contribution in [-0.2, 0) is 35.8 Å². The van der Waals surface area contributed by atoms with Gasteiger partial charge in [-0.25, -0.2) is 0 Å². The zero-order valence-corrected chi connectivity index (χ0v) is 22.7. The molecule has 3 rings (SSSR count). The van der Waals surface area contributed by atoms with E-state index in [4.69, 9.17) is 14.2 Å². The van der Waals surface area contributed by atoms with Gasteiger partial charge in [-0.2, -0.15) is 0 Å². The van der Waals surface area contributed by atoms with Gasteiger partial charge in [0.2, 0.25) is 0 Å². The molecule has 0 saturated carbocycles. The second kappa shape index (κ2) is 11.0. The second-order valence-corrected chi connectivity index (χ2v) is 12.9. The molecule has 187 valence electrons.